The van der Waals surface area contributed by atoms with Crippen LogP contribution in [0.15, 0.2) is 23.1 Å². The van der Waals surface area contributed by atoms with Gasteiger partial charge >= 0.3 is 5.97 Å². The molecule has 1 aromatic rings. The zero-order valence-electron chi connectivity index (χ0n) is 13.4. The zero-order chi connectivity index (χ0) is 17.0. The second kappa shape index (κ2) is 5.21. The Hall–Kier alpha value is -1.60. The lowest BCUT2D eigenvalue weighted by Gasteiger charge is -2.17. The molecule has 1 fully saturated rings. The predicted molar refractivity (Wildman–Crippen MR) is 83.9 cm³/mol. The number of carbonyl (C=O) groups is 1. The highest BCUT2D eigenvalue weighted by molar-refractivity contribution is 7.89. The summed E-state index contributed by atoms with van der Waals surface area (Å²) in [6.07, 6.45) is 0.653. The van der Waals surface area contributed by atoms with Crippen LogP contribution in [0.25, 0.3) is 0 Å². The third kappa shape index (κ3) is 2.83. The molecule has 7 heteroatoms. The lowest BCUT2D eigenvalue weighted by atomic mass is 9.99. The van der Waals surface area contributed by atoms with E-state index in [-0.39, 0.29) is 29.5 Å². The zero-order valence-corrected chi connectivity index (χ0v) is 14.3. The predicted octanol–water partition coefficient (Wildman–Crippen LogP) is 1.74. The van der Waals surface area contributed by atoms with Gasteiger partial charge in [0.05, 0.1) is 10.8 Å². The van der Waals surface area contributed by atoms with Crippen molar-refractivity contribution in [2.45, 2.75) is 37.7 Å². The molecule has 2 aliphatic heterocycles. The lowest BCUT2D eigenvalue weighted by molar-refractivity contribution is -0.142. The third-order valence-corrected chi connectivity index (χ3v) is 6.40. The normalized spacial score (nSPS) is 26.7. The summed E-state index contributed by atoms with van der Waals surface area (Å²) >= 11 is 0. The van der Waals surface area contributed by atoms with Gasteiger partial charge in [-0.25, -0.2) is 8.42 Å². The molecule has 1 saturated heterocycles. The molecule has 23 heavy (non-hydrogen) atoms. The monoisotopic (exact) mass is 339 g/mol. The molecule has 2 atom stereocenters. The van der Waals surface area contributed by atoms with E-state index in [2.05, 4.69) is 0 Å². The van der Waals surface area contributed by atoms with Gasteiger partial charge in [0.25, 0.3) is 0 Å². The van der Waals surface area contributed by atoms with E-state index in [0.717, 1.165) is 5.56 Å². The minimum atomic E-state index is -3.68. The molecule has 1 N–H and O–H groups in total. The number of nitrogens with zero attached hydrogens (tertiary/aromatic N) is 1. The molecule has 0 unspecified atom stereocenters. The summed E-state index contributed by atoms with van der Waals surface area (Å²) in [4.78, 5) is 11.4. The van der Waals surface area contributed by atoms with Crippen LogP contribution in [-0.4, -0.2) is 42.5 Å². The van der Waals surface area contributed by atoms with Crippen molar-refractivity contribution >= 4 is 16.0 Å². The fraction of sp³-hybridized carbons (Fsp3) is 0.562. The number of rotatable bonds is 3. The fourth-order valence-electron chi connectivity index (χ4n) is 3.34. The first-order valence-corrected chi connectivity index (χ1v) is 9.09. The highest BCUT2D eigenvalue weighted by Gasteiger charge is 2.41. The van der Waals surface area contributed by atoms with Crippen LogP contribution in [0, 0.1) is 11.8 Å². The molecule has 126 valence electrons. The number of benzene rings is 1. The van der Waals surface area contributed by atoms with Crippen molar-refractivity contribution in [1.82, 2.24) is 4.31 Å². The van der Waals surface area contributed by atoms with Crippen LogP contribution in [0.3, 0.4) is 0 Å². The van der Waals surface area contributed by atoms with E-state index in [1.165, 1.54) is 10.4 Å². The van der Waals surface area contributed by atoms with Crippen molar-refractivity contribution in [3.63, 3.8) is 0 Å². The van der Waals surface area contributed by atoms with Gasteiger partial charge in [-0.2, -0.15) is 4.31 Å². The van der Waals surface area contributed by atoms with Crippen molar-refractivity contribution in [2.75, 3.05) is 13.1 Å². The molecule has 0 bridgehead atoms. The van der Waals surface area contributed by atoms with E-state index in [0.29, 0.717) is 12.2 Å². The van der Waals surface area contributed by atoms with Gasteiger partial charge in [-0.1, -0.05) is 6.92 Å². The molecule has 0 radical (unpaired) electrons. The average molecular weight is 339 g/mol. The van der Waals surface area contributed by atoms with Gasteiger partial charge in [0.1, 0.15) is 11.4 Å². The number of hydrogen-bond donors (Lipinski definition) is 1. The molecular formula is C16H21NO5S. The minimum Gasteiger partial charge on any atom is -0.487 e. The second-order valence-electron chi connectivity index (χ2n) is 7.05. The van der Waals surface area contributed by atoms with Crippen LogP contribution in [-0.2, 0) is 21.2 Å². The molecule has 0 aromatic heterocycles. The second-order valence-corrected chi connectivity index (χ2v) is 8.99. The molecule has 1 aromatic carbocycles. The molecule has 2 heterocycles. The number of carboxylic acid groups (broad SMARTS) is 1. The van der Waals surface area contributed by atoms with Crippen molar-refractivity contribution in [2.24, 2.45) is 11.8 Å². The van der Waals surface area contributed by atoms with Crippen molar-refractivity contribution < 1.29 is 23.1 Å². The molecule has 0 amide bonds. The fourth-order valence-corrected chi connectivity index (χ4v) is 4.95. The van der Waals surface area contributed by atoms with Crippen LogP contribution in [0.4, 0.5) is 0 Å². The molecule has 0 saturated carbocycles. The maximum atomic E-state index is 12.8. The van der Waals surface area contributed by atoms with Crippen LogP contribution < -0.4 is 4.74 Å². The molecule has 3 rings (SSSR count). The van der Waals surface area contributed by atoms with Crippen LogP contribution in [0.2, 0.25) is 0 Å². The molecular weight excluding hydrogens is 318 g/mol. The number of ether oxygens (including phenoxy) is 1. The number of aliphatic carboxylic acids is 1. The molecule has 2 aliphatic rings. The van der Waals surface area contributed by atoms with Crippen LogP contribution in [0.1, 0.15) is 26.3 Å². The van der Waals surface area contributed by atoms with Crippen LogP contribution >= 0.6 is 0 Å². The highest BCUT2D eigenvalue weighted by Crippen LogP contribution is 2.37. The van der Waals surface area contributed by atoms with E-state index in [1.807, 2.05) is 13.8 Å². The Morgan fingerprint density at radius 3 is 2.65 bits per heavy atom. The van der Waals surface area contributed by atoms with Crippen molar-refractivity contribution in [1.29, 1.82) is 0 Å². The summed E-state index contributed by atoms with van der Waals surface area (Å²) in [6.45, 7) is 5.95. The summed E-state index contributed by atoms with van der Waals surface area (Å²) < 4.78 is 32.6. The van der Waals surface area contributed by atoms with E-state index in [1.54, 1.807) is 19.1 Å². The standard InChI is InChI=1S/C16H21NO5S/c1-10-8-17(9-13(10)15(18)19)23(20,21)12-4-5-14-11(6-12)7-16(2,3)22-14/h4-6,10,13H,7-9H2,1-3H3,(H,18,19)/t10-,13-/m1/s1. The maximum Gasteiger partial charge on any atom is 0.308 e. The van der Waals surface area contributed by atoms with Gasteiger partial charge in [-0.05, 0) is 43.5 Å². The first-order valence-electron chi connectivity index (χ1n) is 7.65. The van der Waals surface area contributed by atoms with Gasteiger partial charge in [0.2, 0.25) is 10.0 Å². The van der Waals surface area contributed by atoms with Crippen molar-refractivity contribution in [3.8, 4) is 5.75 Å². The van der Waals surface area contributed by atoms with Gasteiger partial charge in [-0.15, -0.1) is 0 Å². The molecule has 6 nitrogen and oxygen atoms in total. The maximum absolute atomic E-state index is 12.8. The largest absolute Gasteiger partial charge is 0.487 e. The lowest BCUT2D eigenvalue weighted by Crippen LogP contribution is -2.30. The van der Waals surface area contributed by atoms with E-state index in [9.17, 15) is 18.3 Å². The number of carboxylic acids is 1. The number of sulfonamides is 1. The van der Waals surface area contributed by atoms with Crippen LogP contribution in [0.5, 0.6) is 5.75 Å². The Morgan fingerprint density at radius 1 is 1.35 bits per heavy atom. The van der Waals surface area contributed by atoms with E-state index >= 15 is 0 Å². The van der Waals surface area contributed by atoms with E-state index < -0.39 is 21.9 Å². The number of fused-ring (bicyclic) bond motifs is 1. The summed E-state index contributed by atoms with van der Waals surface area (Å²) in [6, 6.07) is 4.87. The van der Waals surface area contributed by atoms with Crippen molar-refractivity contribution in [3.05, 3.63) is 23.8 Å². The Labute approximate surface area is 136 Å². The van der Waals surface area contributed by atoms with E-state index in [4.69, 9.17) is 4.74 Å². The van der Waals surface area contributed by atoms with Gasteiger partial charge in [-0.3, -0.25) is 4.79 Å². The first kappa shape index (κ1) is 16.3. The summed E-state index contributed by atoms with van der Waals surface area (Å²) in [5.41, 5.74) is 0.541. The topological polar surface area (TPSA) is 83.9 Å². The van der Waals surface area contributed by atoms with Gasteiger partial charge in [0, 0.05) is 19.5 Å². The quantitative estimate of drug-likeness (QED) is 0.907. The molecule has 0 aliphatic carbocycles. The first-order chi connectivity index (χ1) is 10.6. The highest BCUT2D eigenvalue weighted by atomic mass is 32.2. The Balaban J connectivity index is 1.89. The summed E-state index contributed by atoms with van der Waals surface area (Å²) in [5, 5.41) is 9.18. The third-order valence-electron chi connectivity index (χ3n) is 4.57. The Morgan fingerprint density at radius 2 is 2.04 bits per heavy atom. The number of hydrogen-bond acceptors (Lipinski definition) is 4. The summed E-state index contributed by atoms with van der Waals surface area (Å²) in [5.74, 6) is -1.08. The average Bonchev–Trinajstić information content (AvgIpc) is 2.96. The molecule has 0 spiro atoms. The van der Waals surface area contributed by atoms with Gasteiger partial charge in [0.15, 0.2) is 0 Å². The smallest absolute Gasteiger partial charge is 0.308 e. The Bertz CT molecular complexity index is 756. The minimum absolute atomic E-state index is 0.0257. The van der Waals surface area contributed by atoms with Gasteiger partial charge < -0.3 is 9.84 Å². The summed E-state index contributed by atoms with van der Waals surface area (Å²) in [7, 11) is -3.68. The SMILES string of the molecule is C[C@@H]1CN(S(=O)(=O)c2ccc3c(c2)CC(C)(C)O3)C[C@H]1C(=O)O. The Kier molecular flexibility index (Phi) is 3.68.